The standard InChI is InChI=1S/C33H21Cl2F5N2O6/c1-48-18-9-5-8-16(27(18)43)20-14-10-11-15-19(29(45)41(28(15)44)13-6-3-2-4-7-13)17(14)12-32(34)30(46)42(31(47)33(20,32)35)26-24(39)22(37)21(36)23(38)25(26)40/h2-10,15,17,19-20,43H,11-12H2,1H3/t15-,17+,19-,20+,32+,33-/m0/s1. The van der Waals surface area contributed by atoms with Crippen molar-refractivity contribution in [3.05, 3.63) is 94.8 Å². The molecule has 4 amide bonds. The van der Waals surface area contributed by atoms with Gasteiger partial charge in [-0.2, -0.15) is 0 Å². The van der Waals surface area contributed by atoms with Crippen LogP contribution < -0.4 is 14.5 Å². The molecule has 1 N–H and O–H groups in total. The second-order valence-corrected chi connectivity index (χ2v) is 13.2. The van der Waals surface area contributed by atoms with Crippen molar-refractivity contribution in [3.63, 3.8) is 0 Å². The highest BCUT2D eigenvalue weighted by Crippen LogP contribution is 2.67. The number of aromatic hydroxyl groups is 1. The van der Waals surface area contributed by atoms with E-state index in [1.54, 1.807) is 30.3 Å². The first-order valence-corrected chi connectivity index (χ1v) is 15.2. The number of rotatable bonds is 4. The Balaban J connectivity index is 1.46. The number of fused-ring (bicyclic) bond motifs is 4. The van der Waals surface area contributed by atoms with Crippen molar-refractivity contribution >= 4 is 58.2 Å². The Morgan fingerprint density at radius 3 is 2.04 bits per heavy atom. The normalized spacial score (nSPS) is 29.5. The summed E-state index contributed by atoms with van der Waals surface area (Å²) >= 11 is 14.2. The molecule has 6 atom stereocenters. The Hall–Kier alpha value is -4.49. The Morgan fingerprint density at radius 2 is 1.42 bits per heavy atom. The maximum Gasteiger partial charge on any atom is 0.258 e. The van der Waals surface area contributed by atoms with Crippen LogP contribution in [0.1, 0.15) is 24.3 Å². The van der Waals surface area contributed by atoms with Gasteiger partial charge in [-0.05, 0) is 37.0 Å². The van der Waals surface area contributed by atoms with Crippen molar-refractivity contribution in [2.45, 2.75) is 28.5 Å². The molecule has 3 aromatic carbocycles. The number of amides is 4. The van der Waals surface area contributed by atoms with E-state index in [0.717, 1.165) is 4.90 Å². The number of benzene rings is 3. The summed E-state index contributed by atoms with van der Waals surface area (Å²) in [6, 6.07) is 12.1. The first-order chi connectivity index (χ1) is 22.7. The number of imide groups is 2. The van der Waals surface area contributed by atoms with Gasteiger partial charge in [-0.15, -0.1) is 23.2 Å². The molecule has 2 aliphatic carbocycles. The SMILES string of the molecule is COc1cccc([C@H]2C3=CC[C@@H]4C(=O)N(c5ccccc5)C(=O)[C@@H]4[C@@H]3C[C@@]3(Cl)C(=O)N(c4c(F)c(F)c(F)c(F)c4F)C(=O)[C@@]23Cl)c1O. The number of hydrogen-bond acceptors (Lipinski definition) is 6. The zero-order valence-electron chi connectivity index (χ0n) is 24.4. The number of ether oxygens (including phenoxy) is 1. The van der Waals surface area contributed by atoms with Gasteiger partial charge in [0.05, 0.1) is 24.6 Å². The largest absolute Gasteiger partial charge is 0.504 e. The number of phenolic OH excluding ortho intramolecular Hbond substituents is 1. The fraction of sp³-hybridized carbons (Fsp3) is 0.273. The highest BCUT2D eigenvalue weighted by atomic mass is 35.5. The predicted octanol–water partition coefficient (Wildman–Crippen LogP) is 5.86. The molecule has 15 heteroatoms. The van der Waals surface area contributed by atoms with E-state index in [1.165, 1.54) is 31.4 Å². The molecule has 3 aromatic rings. The van der Waals surface area contributed by atoms with Gasteiger partial charge in [0.25, 0.3) is 11.8 Å². The first kappa shape index (κ1) is 32.1. The Labute approximate surface area is 278 Å². The third-order valence-corrected chi connectivity index (χ3v) is 11.2. The van der Waals surface area contributed by atoms with Gasteiger partial charge in [-0.3, -0.25) is 24.1 Å². The van der Waals surface area contributed by atoms with E-state index in [2.05, 4.69) is 0 Å². The lowest BCUT2D eigenvalue weighted by molar-refractivity contribution is -0.125. The lowest BCUT2D eigenvalue weighted by Crippen LogP contribution is -2.60. The third-order valence-electron chi connectivity index (χ3n) is 9.80. The van der Waals surface area contributed by atoms with Gasteiger partial charge in [0, 0.05) is 11.5 Å². The zero-order chi connectivity index (χ0) is 34.6. The molecule has 0 aromatic heterocycles. The zero-order valence-corrected chi connectivity index (χ0v) is 26.0. The fourth-order valence-electron chi connectivity index (χ4n) is 7.68. The number of hydrogen-bond donors (Lipinski definition) is 1. The quantitative estimate of drug-likeness (QED) is 0.0910. The van der Waals surface area contributed by atoms with Crippen molar-refractivity contribution in [1.82, 2.24) is 0 Å². The highest BCUT2D eigenvalue weighted by molar-refractivity contribution is 6.58. The van der Waals surface area contributed by atoms with Crippen molar-refractivity contribution < 1.29 is 51.0 Å². The van der Waals surface area contributed by atoms with E-state index < -0.39 is 104 Å². The van der Waals surface area contributed by atoms with Crippen LogP contribution in [0.2, 0.25) is 0 Å². The number of nitrogens with zero attached hydrogens (tertiary/aromatic N) is 2. The van der Waals surface area contributed by atoms with Crippen LogP contribution in [-0.2, 0) is 19.2 Å². The van der Waals surface area contributed by atoms with Crippen LogP contribution in [0, 0.1) is 46.8 Å². The van der Waals surface area contributed by atoms with Crippen LogP contribution in [-0.4, -0.2) is 45.6 Å². The number of allylic oxidation sites excluding steroid dienone is 2. The summed E-state index contributed by atoms with van der Waals surface area (Å²) in [6.07, 6.45) is 0.830. The number of carbonyl (C=O) groups is 4. The first-order valence-electron chi connectivity index (χ1n) is 14.5. The van der Waals surface area contributed by atoms with E-state index in [4.69, 9.17) is 27.9 Å². The molecular weight excluding hydrogens is 686 g/mol. The predicted molar refractivity (Wildman–Crippen MR) is 160 cm³/mol. The van der Waals surface area contributed by atoms with Crippen LogP contribution in [0.4, 0.5) is 33.3 Å². The van der Waals surface area contributed by atoms with E-state index in [1.807, 2.05) is 0 Å². The van der Waals surface area contributed by atoms with Crippen LogP contribution in [0.3, 0.4) is 0 Å². The fourth-order valence-corrected chi connectivity index (χ4v) is 8.61. The van der Waals surface area contributed by atoms with E-state index in [-0.39, 0.29) is 33.9 Å². The van der Waals surface area contributed by atoms with Gasteiger partial charge in [0.2, 0.25) is 17.6 Å². The number of carbonyl (C=O) groups excluding carboxylic acids is 4. The average Bonchev–Trinajstić information content (AvgIpc) is 3.42. The molecule has 4 aliphatic rings. The minimum Gasteiger partial charge on any atom is -0.504 e. The topological polar surface area (TPSA) is 104 Å². The monoisotopic (exact) mass is 706 g/mol. The highest BCUT2D eigenvalue weighted by Gasteiger charge is 2.77. The molecule has 0 unspecified atom stereocenters. The summed E-state index contributed by atoms with van der Waals surface area (Å²) in [7, 11) is 1.23. The van der Waals surface area contributed by atoms with Crippen molar-refractivity contribution in [1.29, 1.82) is 0 Å². The number of alkyl halides is 2. The Bertz CT molecular complexity index is 1980. The minimum absolute atomic E-state index is 0.0443. The maximum absolute atomic E-state index is 15.2. The number of anilines is 2. The smallest absolute Gasteiger partial charge is 0.258 e. The van der Waals surface area contributed by atoms with Crippen LogP contribution in [0.5, 0.6) is 11.5 Å². The third kappa shape index (κ3) is 3.88. The van der Waals surface area contributed by atoms with Gasteiger partial charge in [0.1, 0.15) is 5.69 Å². The van der Waals surface area contributed by atoms with Gasteiger partial charge in [-0.1, -0.05) is 42.0 Å². The van der Waals surface area contributed by atoms with Crippen molar-refractivity contribution in [3.8, 4) is 11.5 Å². The molecule has 8 nitrogen and oxygen atoms in total. The maximum atomic E-state index is 15.2. The molecular formula is C33H21Cl2F5N2O6. The second kappa shape index (κ2) is 10.8. The molecule has 0 bridgehead atoms. The summed E-state index contributed by atoms with van der Waals surface area (Å²) in [4.78, 5) is 51.5. The number of halogens is 7. The van der Waals surface area contributed by atoms with Gasteiger partial charge < -0.3 is 9.84 Å². The minimum atomic E-state index is -2.77. The lowest BCUT2D eigenvalue weighted by atomic mass is 9.56. The summed E-state index contributed by atoms with van der Waals surface area (Å²) in [5.74, 6) is -22.4. The Morgan fingerprint density at radius 1 is 0.792 bits per heavy atom. The van der Waals surface area contributed by atoms with E-state index in [0.29, 0.717) is 0 Å². The lowest BCUT2D eigenvalue weighted by Gasteiger charge is -2.50. The number of phenols is 1. The van der Waals surface area contributed by atoms with Gasteiger partial charge >= 0.3 is 0 Å². The van der Waals surface area contributed by atoms with Crippen molar-refractivity contribution in [2.24, 2.45) is 17.8 Å². The van der Waals surface area contributed by atoms with E-state index >= 15 is 8.78 Å². The molecule has 48 heavy (non-hydrogen) atoms. The van der Waals surface area contributed by atoms with Gasteiger partial charge in [0.15, 0.2) is 44.5 Å². The van der Waals surface area contributed by atoms with Gasteiger partial charge in [-0.25, -0.2) is 26.9 Å². The summed E-state index contributed by atoms with van der Waals surface area (Å²) < 4.78 is 78.3. The van der Waals surface area contributed by atoms with Crippen LogP contribution in [0.15, 0.2) is 60.2 Å². The average molecular weight is 707 g/mol. The molecule has 0 spiro atoms. The molecule has 2 saturated heterocycles. The molecule has 1 saturated carbocycles. The van der Waals surface area contributed by atoms with Crippen LogP contribution >= 0.6 is 23.2 Å². The summed E-state index contributed by atoms with van der Waals surface area (Å²) in [6.45, 7) is 0. The molecule has 3 fully saturated rings. The molecule has 2 heterocycles. The second-order valence-electron chi connectivity index (χ2n) is 11.9. The molecule has 248 valence electrons. The van der Waals surface area contributed by atoms with Crippen LogP contribution in [0.25, 0.3) is 0 Å². The Kier molecular flexibility index (Phi) is 7.19. The molecule has 0 radical (unpaired) electrons. The molecule has 2 aliphatic heterocycles. The molecule has 7 rings (SSSR count). The van der Waals surface area contributed by atoms with E-state index in [9.17, 15) is 37.5 Å². The van der Waals surface area contributed by atoms with Crippen molar-refractivity contribution in [2.75, 3.05) is 16.9 Å². The summed E-state index contributed by atoms with van der Waals surface area (Å²) in [5.41, 5.74) is -1.57. The summed E-state index contributed by atoms with van der Waals surface area (Å²) in [5, 5.41) is 11.3. The number of methoxy groups -OCH3 is 1. The number of para-hydroxylation sites is 2.